The van der Waals surface area contributed by atoms with E-state index in [2.05, 4.69) is 9.88 Å². The highest BCUT2D eigenvalue weighted by Gasteiger charge is 2.18. The monoisotopic (exact) mass is 301 g/mol. The molecule has 0 amide bonds. The van der Waals surface area contributed by atoms with Crippen LogP contribution in [0.5, 0.6) is 0 Å². The van der Waals surface area contributed by atoms with Gasteiger partial charge in [0.15, 0.2) is 0 Å². The molecule has 1 aromatic carbocycles. The minimum absolute atomic E-state index is 0.250. The van der Waals surface area contributed by atoms with Gasteiger partial charge in [-0.2, -0.15) is 0 Å². The van der Waals surface area contributed by atoms with E-state index in [1.807, 2.05) is 12.3 Å². The summed E-state index contributed by atoms with van der Waals surface area (Å²) in [6.07, 6.45) is 5.07. The summed E-state index contributed by atoms with van der Waals surface area (Å²) in [7, 11) is 0. The topological polar surface area (TPSA) is 78.6 Å². The molecule has 2 aromatic rings. The molecule has 0 spiro atoms. The lowest BCUT2D eigenvalue weighted by molar-refractivity contribution is 0.0661. The Balaban J connectivity index is 1.78. The molecule has 1 atom stereocenters. The largest absolute Gasteiger partial charge is 0.478 e. The first-order valence-corrected chi connectivity index (χ1v) is 7.39. The van der Waals surface area contributed by atoms with Crippen LogP contribution in [0.1, 0.15) is 28.9 Å². The lowest BCUT2D eigenvalue weighted by Crippen LogP contribution is -2.37. The zero-order valence-electron chi connectivity index (χ0n) is 12.2. The number of carboxylic acid groups (broad SMARTS) is 1. The van der Waals surface area contributed by atoms with Crippen molar-refractivity contribution in [1.29, 1.82) is 0 Å². The maximum absolute atomic E-state index is 11.3. The number of aromatic carboxylic acids is 1. The predicted molar refractivity (Wildman–Crippen MR) is 81.0 cm³/mol. The van der Waals surface area contributed by atoms with Crippen LogP contribution >= 0.6 is 0 Å². The van der Waals surface area contributed by atoms with Gasteiger partial charge in [0.1, 0.15) is 0 Å². The summed E-state index contributed by atoms with van der Waals surface area (Å²) in [6.45, 7) is 2.29. The molecule has 0 aliphatic carbocycles. The molecule has 0 unspecified atom stereocenters. The Morgan fingerprint density at radius 2 is 2.18 bits per heavy atom. The molecule has 1 fully saturated rings. The van der Waals surface area contributed by atoms with E-state index in [1.54, 1.807) is 29.1 Å². The number of para-hydroxylation sites is 1. The molecule has 1 aromatic heterocycles. The molecule has 0 saturated carbocycles. The van der Waals surface area contributed by atoms with Gasteiger partial charge in [0, 0.05) is 19.3 Å². The van der Waals surface area contributed by atoms with Gasteiger partial charge in [-0.05, 0) is 31.5 Å². The first kappa shape index (κ1) is 14.7. The van der Waals surface area contributed by atoms with Crippen molar-refractivity contribution in [2.24, 2.45) is 0 Å². The Hall–Kier alpha value is -2.18. The maximum atomic E-state index is 11.3. The fourth-order valence-electron chi connectivity index (χ4n) is 2.86. The molecule has 22 heavy (non-hydrogen) atoms. The van der Waals surface area contributed by atoms with Crippen molar-refractivity contribution in [3.8, 4) is 5.69 Å². The van der Waals surface area contributed by atoms with Crippen LogP contribution in [0, 0.1) is 0 Å². The van der Waals surface area contributed by atoms with E-state index in [-0.39, 0.29) is 11.7 Å². The van der Waals surface area contributed by atoms with Crippen LogP contribution < -0.4 is 0 Å². The zero-order valence-corrected chi connectivity index (χ0v) is 12.2. The van der Waals surface area contributed by atoms with Gasteiger partial charge in [-0.25, -0.2) is 9.78 Å². The number of hydrogen-bond donors (Lipinski definition) is 2. The fraction of sp³-hybridized carbons (Fsp3) is 0.375. The van der Waals surface area contributed by atoms with E-state index >= 15 is 0 Å². The molecule has 6 nitrogen and oxygen atoms in total. The quantitative estimate of drug-likeness (QED) is 0.895. The van der Waals surface area contributed by atoms with Gasteiger partial charge in [0.05, 0.1) is 29.4 Å². The van der Waals surface area contributed by atoms with Crippen LogP contribution in [-0.4, -0.2) is 49.8 Å². The first-order valence-electron chi connectivity index (χ1n) is 7.39. The Morgan fingerprint density at radius 1 is 1.36 bits per heavy atom. The van der Waals surface area contributed by atoms with Crippen LogP contribution in [0.3, 0.4) is 0 Å². The zero-order chi connectivity index (χ0) is 15.5. The van der Waals surface area contributed by atoms with E-state index in [0.29, 0.717) is 18.8 Å². The second-order valence-corrected chi connectivity index (χ2v) is 5.63. The van der Waals surface area contributed by atoms with Crippen molar-refractivity contribution in [1.82, 2.24) is 14.5 Å². The number of nitrogens with zero attached hydrogens (tertiary/aromatic N) is 3. The van der Waals surface area contributed by atoms with Gasteiger partial charge in [-0.1, -0.05) is 12.1 Å². The average molecular weight is 301 g/mol. The molecular formula is C16H19N3O3. The van der Waals surface area contributed by atoms with Gasteiger partial charge in [0.25, 0.3) is 0 Å². The summed E-state index contributed by atoms with van der Waals surface area (Å²) in [5.41, 5.74) is 1.72. The number of aliphatic hydroxyl groups is 1. The highest BCUT2D eigenvalue weighted by Crippen LogP contribution is 2.17. The van der Waals surface area contributed by atoms with Crippen LogP contribution in [0.15, 0.2) is 36.8 Å². The molecule has 0 radical (unpaired) electrons. The normalized spacial score (nSPS) is 19.2. The number of β-amino-alcohol motifs (C(OH)–C–C–N with tert-alkyl or cyclic N) is 1. The molecule has 6 heteroatoms. The van der Waals surface area contributed by atoms with E-state index in [9.17, 15) is 15.0 Å². The summed E-state index contributed by atoms with van der Waals surface area (Å²) in [6, 6.07) is 6.86. The number of carbonyl (C=O) groups is 1. The Morgan fingerprint density at radius 3 is 2.95 bits per heavy atom. The summed E-state index contributed by atoms with van der Waals surface area (Å²) < 4.78 is 1.74. The van der Waals surface area contributed by atoms with E-state index in [4.69, 9.17) is 0 Å². The first-order chi connectivity index (χ1) is 10.6. The number of aliphatic hydroxyl groups excluding tert-OH is 1. The van der Waals surface area contributed by atoms with Gasteiger partial charge in [-0.3, -0.25) is 4.90 Å². The van der Waals surface area contributed by atoms with E-state index < -0.39 is 5.97 Å². The number of imidazole rings is 1. The second-order valence-electron chi connectivity index (χ2n) is 5.63. The summed E-state index contributed by atoms with van der Waals surface area (Å²) >= 11 is 0. The third kappa shape index (κ3) is 3.18. The van der Waals surface area contributed by atoms with Crippen LogP contribution in [-0.2, 0) is 6.54 Å². The third-order valence-corrected chi connectivity index (χ3v) is 3.91. The number of hydrogen-bond acceptors (Lipinski definition) is 4. The molecule has 116 valence electrons. The minimum atomic E-state index is -0.954. The Bertz CT molecular complexity index is 668. The van der Waals surface area contributed by atoms with Crippen LogP contribution in [0.4, 0.5) is 0 Å². The Labute approximate surface area is 128 Å². The van der Waals surface area contributed by atoms with Gasteiger partial charge in [0.2, 0.25) is 0 Å². The SMILES string of the molecule is O=C(O)c1ccccc1-n1cnc(CN2CCC[C@@H](O)C2)c1. The number of carboxylic acids is 1. The lowest BCUT2D eigenvalue weighted by Gasteiger charge is -2.29. The molecule has 3 rings (SSSR count). The van der Waals surface area contributed by atoms with Crippen molar-refractivity contribution in [2.75, 3.05) is 13.1 Å². The van der Waals surface area contributed by atoms with E-state index in [1.165, 1.54) is 0 Å². The summed E-state index contributed by atoms with van der Waals surface area (Å²) in [5.74, 6) is -0.954. The van der Waals surface area contributed by atoms with Crippen molar-refractivity contribution in [3.05, 3.63) is 48.0 Å². The standard InChI is InChI=1S/C16H19N3O3/c20-13-4-3-7-18(10-13)8-12-9-19(11-17-12)15-6-2-1-5-14(15)16(21)22/h1-2,5-6,9,11,13,20H,3-4,7-8,10H2,(H,21,22)/t13-/m1/s1. The summed E-state index contributed by atoms with van der Waals surface area (Å²) in [5, 5.41) is 19.0. The van der Waals surface area contributed by atoms with Crippen molar-refractivity contribution in [3.63, 3.8) is 0 Å². The number of benzene rings is 1. The summed E-state index contributed by atoms with van der Waals surface area (Å²) in [4.78, 5) is 17.8. The lowest BCUT2D eigenvalue weighted by atomic mass is 10.1. The smallest absolute Gasteiger partial charge is 0.337 e. The van der Waals surface area contributed by atoms with Gasteiger partial charge < -0.3 is 14.8 Å². The maximum Gasteiger partial charge on any atom is 0.337 e. The molecule has 2 N–H and O–H groups in total. The number of aromatic nitrogens is 2. The van der Waals surface area contributed by atoms with Crippen LogP contribution in [0.25, 0.3) is 5.69 Å². The van der Waals surface area contributed by atoms with Crippen molar-refractivity contribution < 1.29 is 15.0 Å². The van der Waals surface area contributed by atoms with Gasteiger partial charge >= 0.3 is 5.97 Å². The van der Waals surface area contributed by atoms with Crippen LogP contribution in [0.2, 0.25) is 0 Å². The third-order valence-electron chi connectivity index (χ3n) is 3.91. The molecule has 1 saturated heterocycles. The molecule has 1 aliphatic rings. The molecule has 1 aliphatic heterocycles. The highest BCUT2D eigenvalue weighted by atomic mass is 16.4. The van der Waals surface area contributed by atoms with E-state index in [0.717, 1.165) is 25.1 Å². The second kappa shape index (κ2) is 6.29. The minimum Gasteiger partial charge on any atom is -0.478 e. The van der Waals surface area contributed by atoms with Gasteiger partial charge in [-0.15, -0.1) is 0 Å². The molecule has 2 heterocycles. The molecular weight excluding hydrogens is 282 g/mol. The number of likely N-dealkylation sites (tertiary alicyclic amines) is 1. The molecule has 0 bridgehead atoms. The number of rotatable bonds is 4. The number of piperidine rings is 1. The van der Waals surface area contributed by atoms with Crippen molar-refractivity contribution in [2.45, 2.75) is 25.5 Å². The highest BCUT2D eigenvalue weighted by molar-refractivity contribution is 5.91. The fourth-order valence-corrected chi connectivity index (χ4v) is 2.86. The predicted octanol–water partition coefficient (Wildman–Crippen LogP) is 1.53. The average Bonchev–Trinajstić information content (AvgIpc) is 2.95. The van der Waals surface area contributed by atoms with Crippen molar-refractivity contribution >= 4 is 5.97 Å². The Kier molecular flexibility index (Phi) is 4.22.